The third-order valence-electron chi connectivity index (χ3n) is 7.41. The van der Waals surface area contributed by atoms with Crippen LogP contribution in [0.25, 0.3) is 0 Å². The lowest BCUT2D eigenvalue weighted by Gasteiger charge is -2.41. The molecule has 42 heavy (non-hydrogen) atoms. The molecule has 3 atom stereocenters. The zero-order valence-electron chi connectivity index (χ0n) is 24.3. The van der Waals surface area contributed by atoms with Gasteiger partial charge in [-0.05, 0) is 50.5 Å². The molecule has 0 saturated carbocycles. The number of benzene rings is 2. The number of rotatable bonds is 14. The summed E-state index contributed by atoms with van der Waals surface area (Å²) < 4.78 is 70.8. The predicted molar refractivity (Wildman–Crippen MR) is 154 cm³/mol. The van der Waals surface area contributed by atoms with Crippen LogP contribution in [0.1, 0.15) is 81.1 Å². The number of esters is 1. The number of ether oxygens (including phenoxy) is 2. The van der Waals surface area contributed by atoms with E-state index in [9.17, 15) is 22.8 Å². The molecule has 1 aliphatic carbocycles. The van der Waals surface area contributed by atoms with Crippen LogP contribution in [-0.4, -0.2) is 37.3 Å². The Hall–Kier alpha value is -3.62. The summed E-state index contributed by atoms with van der Waals surface area (Å²) in [5, 5.41) is 2.50. The van der Waals surface area contributed by atoms with E-state index in [2.05, 4.69) is 5.32 Å². The van der Waals surface area contributed by atoms with Crippen LogP contribution in [0.15, 0.2) is 72.3 Å². The maximum atomic E-state index is 15.2. The Balaban J connectivity index is 1.88. The van der Waals surface area contributed by atoms with Crippen LogP contribution in [0.2, 0.25) is 0 Å². The Morgan fingerprint density at radius 3 is 2.40 bits per heavy atom. The monoisotopic (exact) mass is 589 g/mol. The summed E-state index contributed by atoms with van der Waals surface area (Å²) in [6.07, 6.45) is 0.760. The maximum Gasteiger partial charge on any atom is 0.404 e. The minimum atomic E-state index is -4.71. The second-order valence-electron chi connectivity index (χ2n) is 10.5. The smallest absolute Gasteiger partial charge is 0.404 e. The first-order chi connectivity index (χ1) is 20.0. The van der Waals surface area contributed by atoms with Crippen LogP contribution >= 0.6 is 0 Å². The Morgan fingerprint density at radius 1 is 1.05 bits per heavy atom. The van der Waals surface area contributed by atoms with Crippen molar-refractivity contribution in [3.63, 3.8) is 0 Å². The summed E-state index contributed by atoms with van der Waals surface area (Å²) in [5.41, 5.74) is -1.11. The first-order valence-corrected chi connectivity index (χ1v) is 14.4. The zero-order valence-corrected chi connectivity index (χ0v) is 24.3. The molecule has 1 N–H and O–H groups in total. The van der Waals surface area contributed by atoms with Crippen LogP contribution in [0, 0.1) is 11.2 Å². The first-order valence-electron chi connectivity index (χ1n) is 14.4. The first kappa shape index (κ1) is 32.9. The van der Waals surface area contributed by atoms with Gasteiger partial charge in [0.2, 0.25) is 0 Å². The van der Waals surface area contributed by atoms with E-state index in [4.69, 9.17) is 9.47 Å². The molecule has 0 fully saturated rings. The van der Waals surface area contributed by atoms with Crippen molar-refractivity contribution in [2.75, 3.05) is 13.2 Å². The van der Waals surface area contributed by atoms with Crippen molar-refractivity contribution >= 4 is 11.9 Å². The van der Waals surface area contributed by atoms with Gasteiger partial charge in [-0.3, -0.25) is 9.59 Å². The molecule has 3 rings (SSSR count). The van der Waals surface area contributed by atoms with Gasteiger partial charge in [-0.15, -0.1) is 0 Å². The van der Waals surface area contributed by atoms with Gasteiger partial charge in [0.1, 0.15) is 11.5 Å². The highest BCUT2D eigenvalue weighted by atomic mass is 19.4. The van der Waals surface area contributed by atoms with E-state index in [0.29, 0.717) is 12.0 Å². The molecular weight excluding hydrogens is 550 g/mol. The van der Waals surface area contributed by atoms with E-state index in [-0.39, 0.29) is 43.2 Å². The number of carbonyl (C=O) groups is 2. The van der Waals surface area contributed by atoms with Crippen molar-refractivity contribution < 1.29 is 36.6 Å². The molecule has 0 saturated heterocycles. The van der Waals surface area contributed by atoms with Gasteiger partial charge in [0, 0.05) is 18.0 Å². The SMILES string of the molecule is CCCCCCC(Oc1ccc(C(=O)NCCC(=O)OCC)cc1F)C1(C(F)(F)F)C=CC(c2ccccc2)C(C)=C1. The van der Waals surface area contributed by atoms with Gasteiger partial charge in [0.25, 0.3) is 5.91 Å². The molecule has 0 radical (unpaired) electrons. The van der Waals surface area contributed by atoms with Crippen molar-refractivity contribution in [1.82, 2.24) is 5.32 Å². The lowest BCUT2D eigenvalue weighted by molar-refractivity contribution is -0.214. The Bertz CT molecular complexity index is 1260. The average Bonchev–Trinajstić information content (AvgIpc) is 2.95. The minimum absolute atomic E-state index is 0.00648. The molecule has 0 spiro atoms. The van der Waals surface area contributed by atoms with E-state index in [1.807, 2.05) is 37.3 Å². The molecule has 5 nitrogen and oxygen atoms in total. The average molecular weight is 590 g/mol. The summed E-state index contributed by atoms with van der Waals surface area (Å²) in [6, 6.07) is 12.7. The Kier molecular flexibility index (Phi) is 11.8. The highest BCUT2D eigenvalue weighted by Crippen LogP contribution is 2.51. The fourth-order valence-electron chi connectivity index (χ4n) is 5.17. The summed E-state index contributed by atoms with van der Waals surface area (Å²) in [4.78, 5) is 23.9. The summed E-state index contributed by atoms with van der Waals surface area (Å²) >= 11 is 0. The van der Waals surface area contributed by atoms with Crippen molar-refractivity contribution in [2.45, 2.75) is 77.5 Å². The number of nitrogens with one attached hydrogen (secondary N) is 1. The summed E-state index contributed by atoms with van der Waals surface area (Å²) in [6.45, 7) is 5.56. The number of alkyl halides is 3. The molecule has 2 aromatic rings. The van der Waals surface area contributed by atoms with Crippen LogP contribution in [0.5, 0.6) is 5.75 Å². The third kappa shape index (κ3) is 8.23. The molecule has 1 aliphatic rings. The molecule has 0 aromatic heterocycles. The normalized spacial score (nSPS) is 19.1. The minimum Gasteiger partial charge on any atom is -0.486 e. The molecule has 0 bridgehead atoms. The third-order valence-corrected chi connectivity index (χ3v) is 7.41. The standard InChI is InChI=1S/C33H39F4NO4/c1-4-6-7-11-14-29(32(33(35,36)37)19-17-26(23(3)22-32)24-12-9-8-10-13-24)42-28-16-15-25(21-27(28)34)31(40)38-20-18-30(39)41-5-2/h8-10,12-13,15-17,19,21-22,26,29H,4-7,11,14,18,20H2,1-3H3,(H,38,40). The van der Waals surface area contributed by atoms with Gasteiger partial charge in [-0.1, -0.05) is 80.3 Å². The molecule has 228 valence electrons. The number of amides is 1. The molecule has 0 heterocycles. The molecule has 0 aliphatic heterocycles. The van der Waals surface area contributed by atoms with Gasteiger partial charge >= 0.3 is 12.1 Å². The zero-order chi connectivity index (χ0) is 30.8. The van der Waals surface area contributed by atoms with E-state index < -0.39 is 35.4 Å². The van der Waals surface area contributed by atoms with Gasteiger partial charge in [-0.2, -0.15) is 13.2 Å². The molecular formula is C33H39F4NO4. The lowest BCUT2D eigenvalue weighted by atomic mass is 9.71. The quantitative estimate of drug-likeness (QED) is 0.105. The number of hydrogen-bond acceptors (Lipinski definition) is 4. The van der Waals surface area contributed by atoms with Gasteiger partial charge < -0.3 is 14.8 Å². The van der Waals surface area contributed by atoms with Crippen LogP contribution in [-0.2, 0) is 9.53 Å². The molecule has 1 amide bonds. The largest absolute Gasteiger partial charge is 0.486 e. The maximum absolute atomic E-state index is 15.2. The van der Waals surface area contributed by atoms with Crippen LogP contribution in [0.4, 0.5) is 17.6 Å². The fourth-order valence-corrected chi connectivity index (χ4v) is 5.17. The van der Waals surface area contributed by atoms with E-state index in [0.717, 1.165) is 37.0 Å². The van der Waals surface area contributed by atoms with E-state index in [1.54, 1.807) is 19.9 Å². The van der Waals surface area contributed by atoms with Crippen molar-refractivity contribution in [1.29, 1.82) is 0 Å². The lowest BCUT2D eigenvalue weighted by Crippen LogP contribution is -2.49. The van der Waals surface area contributed by atoms with E-state index >= 15 is 4.39 Å². The highest BCUT2D eigenvalue weighted by Gasteiger charge is 2.58. The van der Waals surface area contributed by atoms with Gasteiger partial charge in [0.05, 0.1) is 13.0 Å². The van der Waals surface area contributed by atoms with Crippen molar-refractivity contribution in [3.8, 4) is 5.75 Å². The van der Waals surface area contributed by atoms with Gasteiger partial charge in [-0.25, -0.2) is 4.39 Å². The Labute approximate surface area is 245 Å². The number of hydrogen-bond donors (Lipinski definition) is 1. The van der Waals surface area contributed by atoms with Crippen LogP contribution in [0.3, 0.4) is 0 Å². The second kappa shape index (κ2) is 15.0. The van der Waals surface area contributed by atoms with E-state index in [1.165, 1.54) is 18.2 Å². The molecule has 2 aromatic carbocycles. The van der Waals surface area contributed by atoms with Crippen molar-refractivity contribution in [3.05, 3.63) is 89.3 Å². The Morgan fingerprint density at radius 2 is 1.79 bits per heavy atom. The number of halogens is 4. The predicted octanol–water partition coefficient (Wildman–Crippen LogP) is 8.08. The van der Waals surface area contributed by atoms with Crippen LogP contribution < -0.4 is 10.1 Å². The van der Waals surface area contributed by atoms with Crippen molar-refractivity contribution in [2.24, 2.45) is 5.41 Å². The highest BCUT2D eigenvalue weighted by molar-refractivity contribution is 5.94. The summed E-state index contributed by atoms with van der Waals surface area (Å²) in [7, 11) is 0. The van der Waals surface area contributed by atoms with Gasteiger partial charge in [0.15, 0.2) is 11.6 Å². The second-order valence-corrected chi connectivity index (χ2v) is 10.5. The fraction of sp³-hybridized carbons (Fsp3) is 0.455. The molecule has 3 unspecified atom stereocenters. The topological polar surface area (TPSA) is 64.6 Å². The molecule has 9 heteroatoms. The number of carbonyl (C=O) groups excluding carboxylic acids is 2. The summed E-state index contributed by atoms with van der Waals surface area (Å²) in [5.74, 6) is -2.75. The number of unbranched alkanes of at least 4 members (excludes halogenated alkanes) is 3. The number of allylic oxidation sites excluding steroid dienone is 2.